The molecule has 6 aliphatic rings. The molecule has 5 aliphatic carbocycles. The van der Waals surface area contributed by atoms with Crippen molar-refractivity contribution in [3.05, 3.63) is 0 Å². The highest BCUT2D eigenvalue weighted by molar-refractivity contribution is 5.93. The summed E-state index contributed by atoms with van der Waals surface area (Å²) in [5.41, 5.74) is -1.10. The first-order chi connectivity index (χ1) is 14.0. The number of rotatable bonds is 4. The van der Waals surface area contributed by atoms with E-state index in [1.165, 1.54) is 6.42 Å². The van der Waals surface area contributed by atoms with Crippen molar-refractivity contribution >= 4 is 18.5 Å². The van der Waals surface area contributed by atoms with Gasteiger partial charge in [0.2, 0.25) is 5.91 Å². The summed E-state index contributed by atoms with van der Waals surface area (Å²) >= 11 is 0. The SMILES string of the molecule is C=NC(=O)C1CC2CC2N1C(=O)C(NC(C)(C)C)C12CCC(CC3CC(O)(C3)C1)C2. The summed E-state index contributed by atoms with van der Waals surface area (Å²) in [6.07, 6.45) is 8.51. The molecule has 6 rings (SSSR count). The van der Waals surface area contributed by atoms with E-state index in [1.807, 2.05) is 4.90 Å². The molecule has 6 heteroatoms. The first kappa shape index (κ1) is 20.6. The summed E-state index contributed by atoms with van der Waals surface area (Å²) < 4.78 is 0. The van der Waals surface area contributed by atoms with Crippen LogP contribution in [0, 0.1) is 23.2 Å². The Labute approximate surface area is 179 Å². The summed E-state index contributed by atoms with van der Waals surface area (Å²) in [5, 5.41) is 14.9. The normalized spacial score (nSPS) is 45.1. The Balaban J connectivity index is 1.49. The van der Waals surface area contributed by atoms with E-state index >= 15 is 0 Å². The van der Waals surface area contributed by atoms with Crippen molar-refractivity contribution in [2.75, 3.05) is 0 Å². The molecular weight excluding hydrogens is 378 g/mol. The summed E-state index contributed by atoms with van der Waals surface area (Å²) in [5.74, 6) is 1.52. The maximum atomic E-state index is 14.2. The largest absolute Gasteiger partial charge is 0.390 e. The minimum Gasteiger partial charge on any atom is -0.390 e. The number of nitrogens with one attached hydrogen (secondary N) is 1. The Morgan fingerprint density at radius 1 is 1.17 bits per heavy atom. The lowest BCUT2D eigenvalue weighted by Crippen LogP contribution is -2.64. The summed E-state index contributed by atoms with van der Waals surface area (Å²) in [7, 11) is 0. The predicted molar refractivity (Wildman–Crippen MR) is 115 cm³/mol. The summed E-state index contributed by atoms with van der Waals surface area (Å²) in [6, 6.07) is -0.653. The number of likely N-dealkylation sites (tertiary alicyclic amines) is 1. The van der Waals surface area contributed by atoms with Crippen molar-refractivity contribution in [3.8, 4) is 0 Å². The van der Waals surface area contributed by atoms with Crippen LogP contribution < -0.4 is 5.32 Å². The van der Waals surface area contributed by atoms with Gasteiger partial charge in [0.15, 0.2) is 0 Å². The van der Waals surface area contributed by atoms with E-state index in [2.05, 4.69) is 37.8 Å². The molecule has 2 N–H and O–H groups in total. The number of aliphatic hydroxyl groups is 1. The Bertz CT molecular complexity index is 768. The Morgan fingerprint density at radius 3 is 2.57 bits per heavy atom. The molecule has 0 radical (unpaired) electrons. The van der Waals surface area contributed by atoms with Crippen LogP contribution in [0.25, 0.3) is 0 Å². The number of nitrogens with zero attached hydrogens (tertiary/aromatic N) is 2. The van der Waals surface area contributed by atoms with Crippen molar-refractivity contribution in [3.63, 3.8) is 0 Å². The van der Waals surface area contributed by atoms with Crippen LogP contribution in [0.15, 0.2) is 4.99 Å². The number of carbonyl (C=O) groups excluding carboxylic acids is 2. The van der Waals surface area contributed by atoms with Crippen molar-refractivity contribution < 1.29 is 14.7 Å². The number of carbonyl (C=O) groups is 2. The van der Waals surface area contributed by atoms with Gasteiger partial charge in [-0.3, -0.25) is 9.59 Å². The molecule has 0 aromatic heterocycles. The van der Waals surface area contributed by atoms with E-state index in [-0.39, 0.29) is 34.9 Å². The monoisotopic (exact) mass is 415 g/mol. The molecule has 6 unspecified atom stereocenters. The molecule has 6 nitrogen and oxygen atoms in total. The zero-order valence-corrected chi connectivity index (χ0v) is 18.7. The molecule has 1 heterocycles. The second kappa shape index (κ2) is 6.61. The molecule has 5 saturated carbocycles. The molecule has 0 spiro atoms. The minimum atomic E-state index is -0.622. The van der Waals surface area contributed by atoms with E-state index in [9.17, 15) is 14.7 Å². The molecule has 6 fully saturated rings. The highest BCUT2D eigenvalue weighted by Gasteiger charge is 2.62. The van der Waals surface area contributed by atoms with Crippen LogP contribution in [0.4, 0.5) is 0 Å². The van der Waals surface area contributed by atoms with Gasteiger partial charge in [-0.2, -0.15) is 0 Å². The molecule has 30 heavy (non-hydrogen) atoms. The third-order valence-electron chi connectivity index (χ3n) is 8.67. The average Bonchev–Trinajstić information content (AvgIpc) is 3.08. The molecule has 6 atom stereocenters. The van der Waals surface area contributed by atoms with Gasteiger partial charge < -0.3 is 15.3 Å². The summed E-state index contributed by atoms with van der Waals surface area (Å²) in [4.78, 5) is 32.2. The van der Waals surface area contributed by atoms with Crippen LogP contribution in [-0.4, -0.2) is 57.8 Å². The highest BCUT2D eigenvalue weighted by Crippen LogP contribution is 2.60. The van der Waals surface area contributed by atoms with E-state index in [0.717, 1.165) is 44.9 Å². The minimum absolute atomic E-state index is 0.0534. The molecule has 0 aromatic carbocycles. The van der Waals surface area contributed by atoms with Crippen LogP contribution in [-0.2, 0) is 9.59 Å². The van der Waals surface area contributed by atoms with E-state index < -0.39 is 11.6 Å². The Morgan fingerprint density at radius 2 is 1.90 bits per heavy atom. The van der Waals surface area contributed by atoms with Gasteiger partial charge in [0.25, 0.3) is 5.91 Å². The van der Waals surface area contributed by atoms with E-state index in [4.69, 9.17) is 0 Å². The first-order valence-electron chi connectivity index (χ1n) is 11.9. The standard InChI is InChI=1S/C24H37N3O3/c1-22(2,3)26-19(21(29)27-17-8-16(17)9-18(27)20(28)25-4)23-6-5-14(10-23)7-15-11-24(30,12-15)13-23/h14-19,26,30H,4-13H2,1-3H3. The van der Waals surface area contributed by atoms with Crippen molar-refractivity contribution in [1.29, 1.82) is 0 Å². The molecule has 0 aromatic rings. The third kappa shape index (κ3) is 3.35. The Kier molecular flexibility index (Phi) is 4.55. The highest BCUT2D eigenvalue weighted by atomic mass is 16.3. The number of hydrogen-bond donors (Lipinski definition) is 2. The smallest absolute Gasteiger partial charge is 0.267 e. The van der Waals surface area contributed by atoms with Crippen molar-refractivity contribution in [1.82, 2.24) is 10.2 Å². The lowest BCUT2D eigenvalue weighted by atomic mass is 9.57. The lowest BCUT2D eigenvalue weighted by Gasteiger charge is -2.53. The quantitative estimate of drug-likeness (QED) is 0.692. The van der Waals surface area contributed by atoms with Gasteiger partial charge in [0, 0.05) is 11.6 Å². The van der Waals surface area contributed by atoms with E-state index in [1.54, 1.807) is 0 Å². The molecule has 1 aliphatic heterocycles. The van der Waals surface area contributed by atoms with Crippen LogP contribution in [0.1, 0.15) is 78.6 Å². The number of amides is 2. The molecular formula is C24H37N3O3. The van der Waals surface area contributed by atoms with Crippen molar-refractivity contribution in [2.24, 2.45) is 28.2 Å². The molecule has 166 valence electrons. The van der Waals surface area contributed by atoms with Gasteiger partial charge >= 0.3 is 0 Å². The number of aliphatic imine (C=N–C) groups is 1. The maximum absolute atomic E-state index is 14.2. The number of fused-ring (bicyclic) bond motifs is 1. The first-order valence-corrected chi connectivity index (χ1v) is 11.9. The lowest BCUT2D eigenvalue weighted by molar-refractivity contribution is -0.151. The fraction of sp³-hybridized carbons (Fsp3) is 0.875. The maximum Gasteiger partial charge on any atom is 0.267 e. The number of piperidine rings is 1. The zero-order valence-electron chi connectivity index (χ0n) is 18.7. The van der Waals surface area contributed by atoms with Crippen LogP contribution >= 0.6 is 0 Å². The van der Waals surface area contributed by atoms with Gasteiger partial charge in [0.1, 0.15) is 6.04 Å². The fourth-order valence-corrected chi connectivity index (χ4v) is 7.61. The second-order valence-electron chi connectivity index (χ2n) is 12.3. The van der Waals surface area contributed by atoms with Crippen LogP contribution in [0.5, 0.6) is 0 Å². The third-order valence-corrected chi connectivity index (χ3v) is 8.67. The second-order valence-corrected chi connectivity index (χ2v) is 12.3. The van der Waals surface area contributed by atoms with Gasteiger partial charge in [-0.05, 0) is 108 Å². The summed E-state index contributed by atoms with van der Waals surface area (Å²) in [6.45, 7) is 9.74. The van der Waals surface area contributed by atoms with Gasteiger partial charge in [-0.1, -0.05) is 0 Å². The van der Waals surface area contributed by atoms with E-state index in [0.29, 0.717) is 24.2 Å². The number of hydrogen-bond acceptors (Lipinski definition) is 4. The zero-order chi connectivity index (χ0) is 21.5. The fourth-order valence-electron chi connectivity index (χ4n) is 7.61. The molecule has 4 bridgehead atoms. The van der Waals surface area contributed by atoms with Crippen molar-refractivity contribution in [2.45, 2.75) is 108 Å². The Hall–Kier alpha value is -1.27. The molecule has 1 saturated heterocycles. The van der Waals surface area contributed by atoms with Gasteiger partial charge in [-0.25, -0.2) is 4.99 Å². The van der Waals surface area contributed by atoms with Crippen LogP contribution in [0.2, 0.25) is 0 Å². The topological polar surface area (TPSA) is 82.0 Å². The average molecular weight is 416 g/mol. The van der Waals surface area contributed by atoms with Gasteiger partial charge in [0.05, 0.1) is 11.6 Å². The molecule has 2 amide bonds. The predicted octanol–water partition coefficient (Wildman–Crippen LogP) is 2.68. The van der Waals surface area contributed by atoms with Gasteiger partial charge in [-0.15, -0.1) is 0 Å². The van der Waals surface area contributed by atoms with Crippen LogP contribution in [0.3, 0.4) is 0 Å².